The van der Waals surface area contributed by atoms with Gasteiger partial charge in [0.1, 0.15) is 11.6 Å². The number of aromatic nitrogens is 3. The van der Waals surface area contributed by atoms with Crippen molar-refractivity contribution in [3.8, 4) is 16.2 Å². The number of carboxylic acid groups (broad SMARTS) is 1. The number of carbonyl (C=O) groups is 3. The number of hydrogen-bond acceptors (Lipinski definition) is 12. The summed E-state index contributed by atoms with van der Waals surface area (Å²) in [6.45, 7) is 11.4. The van der Waals surface area contributed by atoms with E-state index in [-0.39, 0.29) is 33.8 Å². The molecule has 2 unspecified atom stereocenters. The van der Waals surface area contributed by atoms with Gasteiger partial charge in [-0.25, -0.2) is 18.6 Å². The highest BCUT2D eigenvalue weighted by molar-refractivity contribution is 7.96. The summed E-state index contributed by atoms with van der Waals surface area (Å²) >= 11 is 9.46. The molecule has 5 heterocycles. The molecular weight excluding hydrogens is 866 g/mol. The zero-order valence-electron chi connectivity index (χ0n) is 37.1. The zero-order valence-corrected chi connectivity index (χ0v) is 39.4. The van der Waals surface area contributed by atoms with E-state index in [4.69, 9.17) is 26.4 Å². The van der Waals surface area contributed by atoms with Gasteiger partial charge in [0.05, 0.1) is 4.88 Å². The molecule has 64 heavy (non-hydrogen) atoms. The fourth-order valence-corrected chi connectivity index (χ4v) is 12.0. The van der Waals surface area contributed by atoms with Crippen molar-refractivity contribution in [2.24, 2.45) is 0 Å². The molecule has 0 spiro atoms. The van der Waals surface area contributed by atoms with Crippen LogP contribution in [0.4, 0.5) is 17.2 Å². The monoisotopic (exact) mass is 921 g/mol. The van der Waals surface area contributed by atoms with Crippen LogP contribution in [0.3, 0.4) is 0 Å². The number of rotatable bonds is 17. The highest BCUT2D eigenvalue weighted by atomic mass is 35.5. The number of hydrogen-bond donors (Lipinski definition) is 2. The summed E-state index contributed by atoms with van der Waals surface area (Å²) < 4.78 is 9.79. The van der Waals surface area contributed by atoms with Crippen molar-refractivity contribution in [2.45, 2.75) is 95.5 Å². The quantitative estimate of drug-likeness (QED) is 0.0666. The number of thiophene rings is 1. The Morgan fingerprint density at radius 1 is 1.11 bits per heavy atom. The standard InChI is InChI=1S/C49H56ClN7O5S2/c1-6-9-31(2)54(5)40-15-14-38(39-13-8-11-35(29-59)43(39)40)33-16-19-55(20-17-33)42-25-41-51-27-32(28-56(41)53-42)30-63-57-21-18-37(26-49(57,3)4)52-36-12-7-10-34(24-36)46-44(50)45(62-23-22-58)47(64-46)48(60)61/h7-8,10-15,22,24-25,27-29,31,33,37,52H,6,9,16-21,23,26,30H2,1-5H3,(H,60,61). The third-order valence-electron chi connectivity index (χ3n) is 12.9. The number of carboxylic acids is 1. The minimum Gasteiger partial charge on any atom is -0.483 e. The van der Waals surface area contributed by atoms with Gasteiger partial charge < -0.3 is 25.0 Å². The second-order valence-electron chi connectivity index (χ2n) is 17.6. The first kappa shape index (κ1) is 45.4. The van der Waals surface area contributed by atoms with Crippen LogP contribution in [0.1, 0.15) is 103 Å². The lowest BCUT2D eigenvalue weighted by atomic mass is 9.85. The summed E-state index contributed by atoms with van der Waals surface area (Å²) in [6, 6.07) is 21.2. The summed E-state index contributed by atoms with van der Waals surface area (Å²) in [4.78, 5) is 45.2. The number of fused-ring (bicyclic) bond motifs is 2. The molecule has 12 nitrogen and oxygen atoms in total. The summed E-state index contributed by atoms with van der Waals surface area (Å²) in [6.07, 6.45) is 11.7. The normalized spacial score (nSPS) is 17.4. The maximum Gasteiger partial charge on any atom is 0.349 e. The van der Waals surface area contributed by atoms with Gasteiger partial charge in [0.25, 0.3) is 0 Å². The third-order valence-corrected chi connectivity index (χ3v) is 16.0. The Bertz CT molecular complexity index is 2660. The average Bonchev–Trinajstić information content (AvgIpc) is 3.87. The van der Waals surface area contributed by atoms with E-state index in [1.165, 1.54) is 10.9 Å². The van der Waals surface area contributed by atoms with Gasteiger partial charge in [0.15, 0.2) is 34.7 Å². The molecule has 2 atom stereocenters. The Morgan fingerprint density at radius 2 is 1.91 bits per heavy atom. The molecular formula is C49H56ClN7O5S2. The van der Waals surface area contributed by atoms with Crippen LogP contribution in [0, 0.1) is 0 Å². The van der Waals surface area contributed by atoms with E-state index in [2.05, 4.69) is 84.6 Å². The zero-order chi connectivity index (χ0) is 45.1. The number of nitrogens with zero attached hydrogens (tertiary/aromatic N) is 6. The van der Waals surface area contributed by atoms with Crippen LogP contribution in [0.25, 0.3) is 26.9 Å². The van der Waals surface area contributed by atoms with E-state index in [1.807, 2.05) is 59.1 Å². The predicted octanol–water partition coefficient (Wildman–Crippen LogP) is 10.9. The Labute approximate surface area is 388 Å². The number of nitrogens with one attached hydrogen (secondary N) is 1. The van der Waals surface area contributed by atoms with Gasteiger partial charge in [0.2, 0.25) is 0 Å². The van der Waals surface area contributed by atoms with Crippen LogP contribution in [-0.2, 0) is 10.5 Å². The van der Waals surface area contributed by atoms with Gasteiger partial charge in [-0.1, -0.05) is 73.3 Å². The molecule has 3 aromatic carbocycles. The van der Waals surface area contributed by atoms with Crippen molar-refractivity contribution in [3.63, 3.8) is 0 Å². The first-order chi connectivity index (χ1) is 30.9. The van der Waals surface area contributed by atoms with Gasteiger partial charge >= 0.3 is 5.97 Å². The predicted molar refractivity (Wildman–Crippen MR) is 261 cm³/mol. The SMILES string of the molecule is CCCC(C)N(C)c1ccc(C2CCN(c3cc4ncc(CSN5CCC(Nc6cccc(-c7sc(C(=O)O)c(OCC=O)c7Cl)c6)CC5(C)C)cn4n3)CC2)c2cccc(C=O)c12. The Kier molecular flexibility index (Phi) is 13.9. The van der Waals surface area contributed by atoms with Crippen molar-refractivity contribution in [1.29, 1.82) is 0 Å². The van der Waals surface area contributed by atoms with Crippen LogP contribution in [0.15, 0.2) is 73.1 Å². The van der Waals surface area contributed by atoms with Crippen molar-refractivity contribution in [2.75, 3.05) is 48.4 Å². The van der Waals surface area contributed by atoms with Crippen LogP contribution >= 0.6 is 34.9 Å². The average molecular weight is 923 g/mol. The van der Waals surface area contributed by atoms with Gasteiger partial charge in [-0.2, -0.15) is 0 Å². The maximum absolute atomic E-state index is 12.3. The smallest absolute Gasteiger partial charge is 0.349 e. The number of anilines is 3. The second-order valence-corrected chi connectivity index (χ2v) is 20.0. The number of aldehydes is 2. The first-order valence-corrected chi connectivity index (χ1v) is 24.2. The molecule has 6 aromatic rings. The van der Waals surface area contributed by atoms with E-state index in [1.54, 1.807) is 0 Å². The third kappa shape index (κ3) is 9.47. The Hall–Kier alpha value is -5.15. The first-order valence-electron chi connectivity index (χ1n) is 22.1. The molecule has 8 rings (SSSR count). The minimum absolute atomic E-state index is 0.0209. The fraction of sp³-hybridized carbons (Fsp3) is 0.408. The van der Waals surface area contributed by atoms with Crippen molar-refractivity contribution < 1.29 is 24.2 Å². The van der Waals surface area contributed by atoms with Gasteiger partial charge in [-0.3, -0.25) is 9.59 Å². The summed E-state index contributed by atoms with van der Waals surface area (Å²) in [5.41, 5.74) is 6.75. The molecule has 2 fully saturated rings. The van der Waals surface area contributed by atoms with E-state index >= 15 is 0 Å². The van der Waals surface area contributed by atoms with Crippen molar-refractivity contribution >= 4 is 87.0 Å². The molecule has 0 bridgehead atoms. The van der Waals surface area contributed by atoms with Crippen molar-refractivity contribution in [1.82, 2.24) is 18.9 Å². The molecule has 2 aliphatic heterocycles. The topological polar surface area (TPSA) is 133 Å². The highest BCUT2D eigenvalue weighted by Gasteiger charge is 2.35. The molecule has 0 amide bonds. The number of carbonyl (C=O) groups excluding carboxylic acids is 2. The summed E-state index contributed by atoms with van der Waals surface area (Å²) in [7, 11) is 2.15. The largest absolute Gasteiger partial charge is 0.483 e. The number of benzene rings is 3. The van der Waals surface area contributed by atoms with Crippen LogP contribution in [0.2, 0.25) is 5.02 Å². The molecule has 336 valence electrons. The lowest BCUT2D eigenvalue weighted by Gasteiger charge is -2.45. The minimum atomic E-state index is -1.15. The van der Waals surface area contributed by atoms with Crippen LogP contribution in [-0.4, -0.2) is 93.5 Å². The number of piperidine rings is 2. The van der Waals surface area contributed by atoms with E-state index in [0.29, 0.717) is 23.1 Å². The van der Waals surface area contributed by atoms with E-state index < -0.39 is 5.97 Å². The molecule has 2 saturated heterocycles. The fourth-order valence-electron chi connectivity index (χ4n) is 9.44. The van der Waals surface area contributed by atoms with E-state index in [9.17, 15) is 19.5 Å². The van der Waals surface area contributed by atoms with Crippen LogP contribution in [0.5, 0.6) is 5.75 Å². The van der Waals surface area contributed by atoms with Gasteiger partial charge in [-0.05, 0) is 93.5 Å². The highest BCUT2D eigenvalue weighted by Crippen LogP contribution is 2.46. The number of aromatic carboxylic acids is 1. The summed E-state index contributed by atoms with van der Waals surface area (Å²) in [5, 5.41) is 20.9. The molecule has 2 aliphatic rings. The summed E-state index contributed by atoms with van der Waals surface area (Å²) in [5.74, 6) is 0.981. The number of ether oxygens (including phenoxy) is 1. The molecule has 0 aliphatic carbocycles. The lowest BCUT2D eigenvalue weighted by Crippen LogP contribution is -2.49. The Morgan fingerprint density at radius 3 is 2.64 bits per heavy atom. The molecule has 3 aromatic heterocycles. The molecule has 0 saturated carbocycles. The Balaban J connectivity index is 0.875. The van der Waals surface area contributed by atoms with Gasteiger partial charge in [-0.15, -0.1) is 16.4 Å². The lowest BCUT2D eigenvalue weighted by molar-refractivity contribution is -0.109. The van der Waals surface area contributed by atoms with Crippen LogP contribution < -0.4 is 19.9 Å². The van der Waals surface area contributed by atoms with Gasteiger partial charge in [0, 0.05) is 96.4 Å². The molecule has 0 radical (unpaired) electrons. The van der Waals surface area contributed by atoms with E-state index in [0.717, 1.165) is 126 Å². The van der Waals surface area contributed by atoms with Crippen molar-refractivity contribution in [3.05, 3.63) is 99.6 Å². The number of halogens is 1. The molecule has 15 heteroatoms. The second kappa shape index (κ2) is 19.5. The molecule has 2 N–H and O–H groups in total. The maximum atomic E-state index is 12.3.